The zero-order valence-electron chi connectivity index (χ0n) is 20.9. The number of para-hydroxylation sites is 1. The maximum absolute atomic E-state index is 9.04. The fraction of sp³-hybridized carbons (Fsp3) is 0.161. The molecule has 0 amide bonds. The molecule has 5 nitrogen and oxygen atoms in total. The van der Waals surface area contributed by atoms with Crippen LogP contribution in [0.2, 0.25) is 0 Å². The largest absolute Gasteiger partial charge is 0.454 e. The molecular weight excluding hydrogens is 446 g/mol. The number of furan rings is 2. The van der Waals surface area contributed by atoms with Gasteiger partial charge in [-0.2, -0.15) is 0 Å². The van der Waals surface area contributed by atoms with Gasteiger partial charge in [-0.25, -0.2) is 10.1 Å². The molecule has 0 bridgehead atoms. The van der Waals surface area contributed by atoms with Crippen molar-refractivity contribution < 1.29 is 8.83 Å². The Bertz CT molecular complexity index is 1710. The van der Waals surface area contributed by atoms with Crippen LogP contribution in [0.15, 0.2) is 69.1 Å². The summed E-state index contributed by atoms with van der Waals surface area (Å²) in [6.45, 7) is 18.0. The van der Waals surface area contributed by atoms with E-state index in [0.29, 0.717) is 22.5 Å². The van der Waals surface area contributed by atoms with Crippen LogP contribution < -0.4 is 4.90 Å². The van der Waals surface area contributed by atoms with E-state index in [-0.39, 0.29) is 5.70 Å². The molecule has 0 saturated heterocycles. The minimum absolute atomic E-state index is 0.0362. The summed E-state index contributed by atoms with van der Waals surface area (Å²) < 4.78 is 12.1. The summed E-state index contributed by atoms with van der Waals surface area (Å²) in [5, 5.41) is 9.88. The van der Waals surface area contributed by atoms with Gasteiger partial charge in [0.2, 0.25) is 0 Å². The van der Waals surface area contributed by atoms with Gasteiger partial charge in [-0.15, -0.1) is 0 Å². The third-order valence-corrected chi connectivity index (χ3v) is 7.12. The van der Waals surface area contributed by atoms with Crippen molar-refractivity contribution in [3.63, 3.8) is 0 Å². The summed E-state index contributed by atoms with van der Waals surface area (Å²) in [5.74, 6) is 0.421. The molecule has 0 saturated carbocycles. The highest BCUT2D eigenvalue weighted by Crippen LogP contribution is 2.43. The zero-order chi connectivity index (χ0) is 25.6. The molecule has 0 spiro atoms. The number of allylic oxidation sites excluding steroid dienone is 1. The number of fused-ring (bicyclic) bond motifs is 3. The van der Waals surface area contributed by atoms with Crippen molar-refractivity contribution in [1.29, 1.82) is 5.26 Å². The van der Waals surface area contributed by atoms with E-state index >= 15 is 0 Å². The number of benzene rings is 3. The lowest BCUT2D eigenvalue weighted by Gasteiger charge is -2.31. The first-order valence-corrected chi connectivity index (χ1v) is 11.7. The molecule has 0 aliphatic heterocycles. The zero-order valence-corrected chi connectivity index (χ0v) is 20.9. The fourth-order valence-electron chi connectivity index (χ4n) is 4.79. The van der Waals surface area contributed by atoms with Gasteiger partial charge in [0.1, 0.15) is 11.3 Å². The Labute approximate surface area is 210 Å². The van der Waals surface area contributed by atoms with Gasteiger partial charge in [-0.05, 0) is 92.8 Å². The summed E-state index contributed by atoms with van der Waals surface area (Å²) in [7, 11) is 0. The molecule has 0 aliphatic rings. The first-order chi connectivity index (χ1) is 17.3. The van der Waals surface area contributed by atoms with Gasteiger partial charge in [0.25, 0.3) is 5.70 Å². The van der Waals surface area contributed by atoms with Crippen molar-refractivity contribution in [1.82, 2.24) is 0 Å². The van der Waals surface area contributed by atoms with Gasteiger partial charge in [0.15, 0.2) is 11.2 Å². The Hall–Kier alpha value is -4.74. The Kier molecular flexibility index (Phi) is 5.63. The van der Waals surface area contributed by atoms with E-state index in [1.165, 1.54) is 39.6 Å². The molecule has 0 unspecified atom stereocenters. The monoisotopic (exact) mass is 471 g/mol. The molecule has 5 heteroatoms. The van der Waals surface area contributed by atoms with E-state index in [2.05, 4.69) is 62.6 Å². The molecule has 2 aromatic heterocycles. The van der Waals surface area contributed by atoms with E-state index in [1.807, 2.05) is 36.4 Å². The van der Waals surface area contributed by atoms with Crippen molar-refractivity contribution in [3.8, 4) is 6.07 Å². The van der Waals surface area contributed by atoms with E-state index in [4.69, 9.17) is 20.7 Å². The third kappa shape index (κ3) is 3.63. The molecule has 5 rings (SSSR count). The molecule has 0 radical (unpaired) electrons. The highest BCUT2D eigenvalue weighted by molar-refractivity contribution is 6.03. The number of nitriles is 1. The molecule has 2 heterocycles. The van der Waals surface area contributed by atoms with Crippen LogP contribution >= 0.6 is 0 Å². The molecular formula is C31H25N3O2. The molecule has 0 fully saturated rings. The molecule has 3 aromatic carbocycles. The first kappa shape index (κ1) is 23.0. The van der Waals surface area contributed by atoms with E-state index in [1.54, 1.807) is 6.07 Å². The Morgan fingerprint density at radius 2 is 1.50 bits per heavy atom. The van der Waals surface area contributed by atoms with Crippen molar-refractivity contribution in [2.24, 2.45) is 0 Å². The number of nitrogens with zero attached hydrogens (tertiary/aromatic N) is 3. The summed E-state index contributed by atoms with van der Waals surface area (Å²) in [4.78, 5) is 5.48. The van der Waals surface area contributed by atoms with Gasteiger partial charge in [-0.3, -0.25) is 0 Å². The summed E-state index contributed by atoms with van der Waals surface area (Å²) in [6, 6.07) is 20.0. The van der Waals surface area contributed by atoms with Gasteiger partial charge in [0.05, 0.1) is 23.7 Å². The standard InChI is InChI=1S/C31H25N3O2/c1-18-19(2)21(4)30(22(5)20(18)3)34(24-10-8-7-9-11-24)25-12-13-27-28(15-25)36-29-16-26(35-31(27)29)14-23(17-32)33-6/h7-16H,1-5H3/b23-14-. The van der Waals surface area contributed by atoms with E-state index in [9.17, 15) is 0 Å². The van der Waals surface area contributed by atoms with Gasteiger partial charge in [0, 0.05) is 23.5 Å². The number of rotatable bonds is 4. The minimum atomic E-state index is -0.0362. The molecule has 0 N–H and O–H groups in total. The van der Waals surface area contributed by atoms with Crippen LogP contribution in [-0.2, 0) is 0 Å². The summed E-state index contributed by atoms with van der Waals surface area (Å²) in [6.07, 6.45) is 1.42. The Balaban J connectivity index is 1.71. The fourth-order valence-corrected chi connectivity index (χ4v) is 4.79. The normalized spacial score (nSPS) is 11.6. The average molecular weight is 472 g/mol. The van der Waals surface area contributed by atoms with E-state index in [0.717, 1.165) is 16.8 Å². The lowest BCUT2D eigenvalue weighted by Crippen LogP contribution is -2.15. The van der Waals surface area contributed by atoms with Gasteiger partial charge in [-0.1, -0.05) is 18.2 Å². The molecule has 36 heavy (non-hydrogen) atoms. The van der Waals surface area contributed by atoms with Gasteiger partial charge >= 0.3 is 0 Å². The lowest BCUT2D eigenvalue weighted by atomic mass is 9.92. The van der Waals surface area contributed by atoms with Crippen LogP contribution in [0.25, 0.3) is 33.1 Å². The van der Waals surface area contributed by atoms with Gasteiger partial charge < -0.3 is 13.7 Å². The molecule has 0 atom stereocenters. The number of hydrogen-bond acceptors (Lipinski definition) is 4. The Morgan fingerprint density at radius 3 is 2.14 bits per heavy atom. The van der Waals surface area contributed by atoms with Crippen LogP contribution in [0.4, 0.5) is 17.1 Å². The third-order valence-electron chi connectivity index (χ3n) is 7.12. The SMILES string of the molecule is [C-]#[N+]/C(C#N)=C\c1cc2oc3cc(N(c4ccccc4)c4c(C)c(C)c(C)c(C)c4C)ccc3c2o1. The minimum Gasteiger partial charge on any atom is -0.454 e. The summed E-state index contributed by atoms with van der Waals surface area (Å²) in [5.41, 5.74) is 11.5. The van der Waals surface area contributed by atoms with Crippen LogP contribution in [0.3, 0.4) is 0 Å². The van der Waals surface area contributed by atoms with Crippen molar-refractivity contribution in [3.05, 3.63) is 105 Å². The van der Waals surface area contributed by atoms with Crippen molar-refractivity contribution >= 4 is 45.3 Å². The average Bonchev–Trinajstić information content (AvgIpc) is 3.44. The number of hydrogen-bond donors (Lipinski definition) is 0. The van der Waals surface area contributed by atoms with Crippen LogP contribution in [-0.4, -0.2) is 0 Å². The maximum Gasteiger partial charge on any atom is 0.265 e. The molecule has 5 aromatic rings. The molecule has 0 aliphatic carbocycles. The first-order valence-electron chi connectivity index (χ1n) is 11.7. The quantitative estimate of drug-likeness (QED) is 0.194. The highest BCUT2D eigenvalue weighted by atomic mass is 16.4. The predicted octanol–water partition coefficient (Wildman–Crippen LogP) is 8.97. The Morgan fingerprint density at radius 1 is 0.833 bits per heavy atom. The second kappa shape index (κ2) is 8.80. The maximum atomic E-state index is 9.04. The second-order valence-corrected chi connectivity index (χ2v) is 9.02. The van der Waals surface area contributed by atoms with Crippen molar-refractivity contribution in [2.75, 3.05) is 4.90 Å². The molecule has 176 valence electrons. The lowest BCUT2D eigenvalue weighted by molar-refractivity contribution is 0.605. The topological polar surface area (TPSA) is 57.7 Å². The van der Waals surface area contributed by atoms with Crippen LogP contribution in [0, 0.1) is 52.5 Å². The second-order valence-electron chi connectivity index (χ2n) is 9.02. The highest BCUT2D eigenvalue weighted by Gasteiger charge is 2.22. The van der Waals surface area contributed by atoms with Crippen molar-refractivity contribution in [2.45, 2.75) is 34.6 Å². The van der Waals surface area contributed by atoms with Crippen LogP contribution in [0.1, 0.15) is 33.6 Å². The predicted molar refractivity (Wildman–Crippen MR) is 145 cm³/mol. The van der Waals surface area contributed by atoms with E-state index < -0.39 is 0 Å². The number of anilines is 3. The smallest absolute Gasteiger partial charge is 0.265 e. The summed E-state index contributed by atoms with van der Waals surface area (Å²) >= 11 is 0. The van der Waals surface area contributed by atoms with Crippen LogP contribution in [0.5, 0.6) is 0 Å².